The molecule has 1 heterocycles. The average Bonchev–Trinajstić information content (AvgIpc) is 2.57. The van der Waals surface area contributed by atoms with E-state index in [1.165, 1.54) is 19.2 Å². The predicted octanol–water partition coefficient (Wildman–Crippen LogP) is 2.04. The van der Waals surface area contributed by atoms with Gasteiger partial charge in [-0.2, -0.15) is 0 Å². The second kappa shape index (κ2) is 4.47. The lowest BCUT2D eigenvalue weighted by molar-refractivity contribution is 0.103. The maximum Gasteiger partial charge on any atom is 0.264 e. The average molecular weight is 297 g/mol. The maximum absolute atomic E-state index is 12.7. The Morgan fingerprint density at radius 3 is 2.52 bits per heavy atom. The summed E-state index contributed by atoms with van der Waals surface area (Å²) in [4.78, 5) is 12.6. The highest BCUT2D eigenvalue weighted by Gasteiger charge is 2.33. The second-order valence-electron chi connectivity index (χ2n) is 4.67. The zero-order valence-electron chi connectivity index (χ0n) is 11.2. The van der Waals surface area contributed by atoms with Crippen molar-refractivity contribution in [3.05, 3.63) is 59.2 Å². The molecule has 0 amide bonds. The van der Waals surface area contributed by atoms with Crippen molar-refractivity contribution in [1.82, 2.24) is 0 Å². The lowest BCUT2D eigenvalue weighted by Gasteiger charge is -2.18. The van der Waals surface area contributed by atoms with Crippen LogP contribution in [-0.4, -0.2) is 21.2 Å². The number of ketones is 1. The van der Waals surface area contributed by atoms with E-state index in [1.807, 2.05) is 0 Å². The number of rotatable bonds is 0. The van der Waals surface area contributed by atoms with E-state index in [1.54, 1.807) is 30.3 Å². The highest BCUT2D eigenvalue weighted by atomic mass is 32.2. The Hall–Kier alpha value is -2.58. The van der Waals surface area contributed by atoms with Gasteiger partial charge < -0.3 is 0 Å². The fraction of sp³-hybridized carbons (Fsp3) is 0.0625. The third-order valence-corrected chi connectivity index (χ3v) is 5.33. The summed E-state index contributed by atoms with van der Waals surface area (Å²) in [6.07, 6.45) is 5.32. The molecule has 104 valence electrons. The number of hydrogen-bond donors (Lipinski definition) is 0. The highest BCUT2D eigenvalue weighted by molar-refractivity contribution is 7.93. The van der Waals surface area contributed by atoms with Gasteiger partial charge in [-0.3, -0.25) is 9.10 Å². The molecule has 4 nitrogen and oxygen atoms in total. The van der Waals surface area contributed by atoms with Crippen molar-refractivity contribution in [3.63, 3.8) is 0 Å². The Kier molecular flexibility index (Phi) is 2.85. The zero-order chi connectivity index (χ0) is 15.2. The largest absolute Gasteiger partial charge is 0.288 e. The molecule has 0 unspecified atom stereocenters. The normalized spacial score (nSPS) is 15.6. The summed E-state index contributed by atoms with van der Waals surface area (Å²) in [5.74, 6) is 2.07. The smallest absolute Gasteiger partial charge is 0.264 e. The quantitative estimate of drug-likeness (QED) is 0.699. The molecule has 21 heavy (non-hydrogen) atoms. The van der Waals surface area contributed by atoms with E-state index in [0.717, 1.165) is 4.31 Å². The molecule has 0 saturated heterocycles. The molecule has 1 aliphatic heterocycles. The minimum atomic E-state index is -3.82. The van der Waals surface area contributed by atoms with Crippen LogP contribution in [0, 0.1) is 12.3 Å². The first-order valence-corrected chi connectivity index (χ1v) is 7.64. The van der Waals surface area contributed by atoms with Crippen LogP contribution >= 0.6 is 0 Å². The zero-order valence-corrected chi connectivity index (χ0v) is 12.0. The van der Waals surface area contributed by atoms with Crippen molar-refractivity contribution in [1.29, 1.82) is 0 Å². The summed E-state index contributed by atoms with van der Waals surface area (Å²) in [7, 11) is -2.39. The minimum absolute atomic E-state index is 0.0540. The standard InChI is InChI=1S/C16H11NO3S/c1-3-11-8-9-13-15(10-11)21(19,20)17(2)14-7-5-4-6-12(14)16(13)18/h1,4-10H,2H3. The van der Waals surface area contributed by atoms with E-state index in [9.17, 15) is 13.2 Å². The molecular formula is C16H11NO3S. The summed E-state index contributed by atoms with van der Waals surface area (Å²) in [5, 5.41) is 0. The van der Waals surface area contributed by atoms with Crippen molar-refractivity contribution < 1.29 is 13.2 Å². The first-order chi connectivity index (χ1) is 9.96. The number of fused-ring (bicyclic) bond motifs is 2. The fourth-order valence-electron chi connectivity index (χ4n) is 2.38. The Morgan fingerprint density at radius 1 is 1.10 bits per heavy atom. The Bertz CT molecular complexity index is 907. The number of terminal acetylenes is 1. The van der Waals surface area contributed by atoms with Gasteiger partial charge in [0, 0.05) is 23.7 Å². The Balaban J connectivity index is 2.43. The summed E-state index contributed by atoms with van der Waals surface area (Å²) in [6, 6.07) is 11.0. The lowest BCUT2D eigenvalue weighted by atomic mass is 10.0. The van der Waals surface area contributed by atoms with Crippen LogP contribution in [0.3, 0.4) is 0 Å². The van der Waals surface area contributed by atoms with E-state index >= 15 is 0 Å². The third-order valence-electron chi connectivity index (χ3n) is 3.52. The minimum Gasteiger partial charge on any atom is -0.288 e. The highest BCUT2D eigenvalue weighted by Crippen LogP contribution is 2.34. The molecule has 3 rings (SSSR count). The Morgan fingerprint density at radius 2 is 1.81 bits per heavy atom. The van der Waals surface area contributed by atoms with Crippen LogP contribution in [-0.2, 0) is 10.0 Å². The molecule has 0 radical (unpaired) electrons. The van der Waals surface area contributed by atoms with Gasteiger partial charge in [-0.25, -0.2) is 8.42 Å². The van der Waals surface area contributed by atoms with Gasteiger partial charge in [-0.15, -0.1) is 6.42 Å². The summed E-state index contributed by atoms with van der Waals surface area (Å²) in [5.41, 5.74) is 1.28. The molecule has 0 fully saturated rings. The van der Waals surface area contributed by atoms with E-state index in [4.69, 9.17) is 6.42 Å². The Labute approximate surface area is 123 Å². The number of benzene rings is 2. The van der Waals surface area contributed by atoms with Crippen LogP contribution in [0.25, 0.3) is 0 Å². The van der Waals surface area contributed by atoms with Crippen LogP contribution in [0.2, 0.25) is 0 Å². The van der Waals surface area contributed by atoms with Crippen LogP contribution in [0.1, 0.15) is 21.5 Å². The molecule has 0 spiro atoms. The van der Waals surface area contributed by atoms with Gasteiger partial charge in [0.1, 0.15) is 0 Å². The molecule has 2 aromatic rings. The molecule has 0 atom stereocenters. The molecule has 0 bridgehead atoms. The number of hydrogen-bond acceptors (Lipinski definition) is 3. The van der Waals surface area contributed by atoms with E-state index in [0.29, 0.717) is 16.8 Å². The van der Waals surface area contributed by atoms with Gasteiger partial charge in [0.25, 0.3) is 10.0 Å². The monoisotopic (exact) mass is 297 g/mol. The third kappa shape index (κ3) is 1.84. The second-order valence-corrected chi connectivity index (χ2v) is 6.61. The van der Waals surface area contributed by atoms with Crippen molar-refractivity contribution in [3.8, 4) is 12.3 Å². The summed E-state index contributed by atoms with van der Waals surface area (Å²) in [6.45, 7) is 0. The van der Waals surface area contributed by atoms with Gasteiger partial charge in [0.05, 0.1) is 10.6 Å². The van der Waals surface area contributed by atoms with Gasteiger partial charge >= 0.3 is 0 Å². The van der Waals surface area contributed by atoms with Gasteiger partial charge in [-0.05, 0) is 30.3 Å². The molecular weight excluding hydrogens is 286 g/mol. The van der Waals surface area contributed by atoms with Crippen molar-refractivity contribution >= 4 is 21.5 Å². The van der Waals surface area contributed by atoms with Crippen molar-refractivity contribution in [2.45, 2.75) is 4.90 Å². The molecule has 0 aliphatic carbocycles. The van der Waals surface area contributed by atoms with Crippen LogP contribution < -0.4 is 4.31 Å². The summed E-state index contributed by atoms with van der Waals surface area (Å²) < 4.78 is 26.5. The van der Waals surface area contributed by atoms with E-state index < -0.39 is 10.0 Å². The predicted molar refractivity (Wildman–Crippen MR) is 79.8 cm³/mol. The number of para-hydroxylation sites is 1. The number of sulfonamides is 1. The topological polar surface area (TPSA) is 54.5 Å². The van der Waals surface area contributed by atoms with Gasteiger partial charge in [0.15, 0.2) is 5.78 Å². The molecule has 0 saturated carbocycles. The summed E-state index contributed by atoms with van der Waals surface area (Å²) >= 11 is 0. The van der Waals surface area contributed by atoms with E-state index in [2.05, 4.69) is 5.92 Å². The number of anilines is 1. The number of carbonyl (C=O) groups is 1. The molecule has 5 heteroatoms. The number of nitrogens with zero attached hydrogens (tertiary/aromatic N) is 1. The molecule has 0 N–H and O–H groups in total. The molecule has 0 aromatic heterocycles. The van der Waals surface area contributed by atoms with Crippen molar-refractivity contribution in [2.75, 3.05) is 11.4 Å². The van der Waals surface area contributed by atoms with E-state index in [-0.39, 0.29) is 16.2 Å². The SMILES string of the molecule is C#Cc1ccc2c(c1)S(=O)(=O)N(C)c1ccccc1C2=O. The number of carbonyl (C=O) groups excluding carboxylic acids is 1. The first kappa shape index (κ1) is 13.4. The maximum atomic E-state index is 12.7. The first-order valence-electron chi connectivity index (χ1n) is 6.20. The lowest BCUT2D eigenvalue weighted by Crippen LogP contribution is -2.26. The van der Waals surface area contributed by atoms with Gasteiger partial charge in [0.2, 0.25) is 0 Å². The van der Waals surface area contributed by atoms with Crippen LogP contribution in [0.5, 0.6) is 0 Å². The van der Waals surface area contributed by atoms with Crippen LogP contribution in [0.4, 0.5) is 5.69 Å². The molecule has 2 aromatic carbocycles. The fourth-order valence-corrected chi connectivity index (χ4v) is 3.80. The molecule has 1 aliphatic rings. The van der Waals surface area contributed by atoms with Crippen LogP contribution in [0.15, 0.2) is 47.4 Å². The van der Waals surface area contributed by atoms with Gasteiger partial charge in [-0.1, -0.05) is 18.1 Å². The van der Waals surface area contributed by atoms with Crippen molar-refractivity contribution in [2.24, 2.45) is 0 Å².